The molecule has 3 N–H and O–H groups in total. The minimum atomic E-state index is -0.457. The topological polar surface area (TPSA) is 132 Å². The zero-order valence-corrected chi connectivity index (χ0v) is 23.9. The SMILES string of the molecule is C=C(C)C(=O)OCCOCCOCCNC(=O)c1c(I)c(NC(C)=O)c(C)c(NC(C)=O)c1I. The van der Waals surface area contributed by atoms with E-state index in [0.29, 0.717) is 48.4 Å². The van der Waals surface area contributed by atoms with E-state index < -0.39 is 5.97 Å². The fourth-order valence-corrected chi connectivity index (χ4v) is 5.24. The van der Waals surface area contributed by atoms with Crippen molar-refractivity contribution in [3.63, 3.8) is 0 Å². The number of esters is 1. The number of amides is 3. The summed E-state index contributed by atoms with van der Waals surface area (Å²) in [6.07, 6.45) is 0. The Balaban J connectivity index is 2.61. The molecule has 1 aromatic carbocycles. The minimum absolute atomic E-state index is 0.135. The maximum atomic E-state index is 12.9. The molecule has 0 aliphatic rings. The van der Waals surface area contributed by atoms with Gasteiger partial charge in [0.2, 0.25) is 11.8 Å². The van der Waals surface area contributed by atoms with Gasteiger partial charge >= 0.3 is 5.97 Å². The second kappa shape index (κ2) is 15.3. The number of rotatable bonds is 13. The Bertz CT molecular complexity index is 908. The fourth-order valence-electron chi connectivity index (χ4n) is 2.61. The molecule has 1 aromatic rings. The molecule has 0 spiro atoms. The van der Waals surface area contributed by atoms with Crippen LogP contribution in [0.5, 0.6) is 0 Å². The molecule has 0 radical (unpaired) electrons. The van der Waals surface area contributed by atoms with E-state index in [1.807, 2.05) is 45.2 Å². The summed E-state index contributed by atoms with van der Waals surface area (Å²) in [6.45, 7) is 11.1. The van der Waals surface area contributed by atoms with Crippen LogP contribution in [0.3, 0.4) is 0 Å². The van der Waals surface area contributed by atoms with E-state index in [9.17, 15) is 19.2 Å². The van der Waals surface area contributed by atoms with E-state index in [-0.39, 0.29) is 44.1 Å². The summed E-state index contributed by atoms with van der Waals surface area (Å²) in [7, 11) is 0. The zero-order valence-electron chi connectivity index (χ0n) is 19.6. The van der Waals surface area contributed by atoms with Crippen LogP contribution in [-0.2, 0) is 28.6 Å². The van der Waals surface area contributed by atoms with Gasteiger partial charge in [-0.05, 0) is 64.6 Å². The van der Waals surface area contributed by atoms with Crippen LogP contribution >= 0.6 is 45.2 Å². The highest BCUT2D eigenvalue weighted by Crippen LogP contribution is 2.37. The summed E-state index contributed by atoms with van der Waals surface area (Å²) in [5, 5.41) is 8.27. The highest BCUT2D eigenvalue weighted by atomic mass is 127. The number of hydrogen-bond donors (Lipinski definition) is 3. The van der Waals surface area contributed by atoms with Crippen molar-refractivity contribution < 1.29 is 33.4 Å². The number of hydrogen-bond acceptors (Lipinski definition) is 7. The molecule has 12 heteroatoms. The predicted molar refractivity (Wildman–Crippen MR) is 145 cm³/mol. The molecule has 0 saturated carbocycles. The highest BCUT2D eigenvalue weighted by Gasteiger charge is 2.24. The Morgan fingerprint density at radius 2 is 1.29 bits per heavy atom. The third-order valence-corrected chi connectivity index (χ3v) is 6.33. The van der Waals surface area contributed by atoms with Crippen LogP contribution in [0.25, 0.3) is 0 Å². The predicted octanol–water partition coefficient (Wildman–Crippen LogP) is 3.00. The number of carbonyl (C=O) groups is 4. The van der Waals surface area contributed by atoms with Crippen LogP contribution in [0.15, 0.2) is 12.2 Å². The lowest BCUT2D eigenvalue weighted by Gasteiger charge is -2.20. The Kier molecular flexibility index (Phi) is 13.6. The summed E-state index contributed by atoms with van der Waals surface area (Å²) in [5.74, 6) is -1.38. The monoisotopic (exact) mass is 701 g/mol. The van der Waals surface area contributed by atoms with Gasteiger partial charge in [0.25, 0.3) is 5.91 Å². The first-order chi connectivity index (χ1) is 16.0. The molecule has 0 aliphatic heterocycles. The Labute approximate surface area is 226 Å². The van der Waals surface area contributed by atoms with Crippen molar-refractivity contribution in [1.82, 2.24) is 5.32 Å². The molecule has 0 aromatic heterocycles. The molecule has 10 nitrogen and oxygen atoms in total. The van der Waals surface area contributed by atoms with Gasteiger partial charge in [-0.1, -0.05) is 6.58 Å². The average Bonchev–Trinajstić information content (AvgIpc) is 2.75. The van der Waals surface area contributed by atoms with E-state index in [2.05, 4.69) is 22.5 Å². The standard InChI is InChI=1S/C22H29I2N3O7/c1-12(2)22(31)34-11-10-33-9-8-32-7-6-25-21(30)16-17(23)19(26-14(4)28)13(3)20(18(16)24)27-15(5)29/h1,6-11H2,2-5H3,(H,25,30)(H,26,28)(H,27,29). The summed E-state index contributed by atoms with van der Waals surface area (Å²) < 4.78 is 16.8. The number of anilines is 2. The van der Waals surface area contributed by atoms with Crippen LogP contribution in [0.4, 0.5) is 11.4 Å². The largest absolute Gasteiger partial charge is 0.460 e. The Morgan fingerprint density at radius 1 is 0.824 bits per heavy atom. The Hall–Kier alpha value is -1.78. The van der Waals surface area contributed by atoms with Crippen molar-refractivity contribution >= 4 is 80.2 Å². The van der Waals surface area contributed by atoms with Gasteiger partial charge in [0, 0.05) is 26.0 Å². The number of ether oxygens (including phenoxy) is 3. The molecule has 34 heavy (non-hydrogen) atoms. The lowest BCUT2D eigenvalue weighted by Crippen LogP contribution is -2.30. The van der Waals surface area contributed by atoms with E-state index in [0.717, 1.165) is 0 Å². The first kappa shape index (κ1) is 30.3. The van der Waals surface area contributed by atoms with Gasteiger partial charge in [-0.15, -0.1) is 0 Å². The molecule has 188 valence electrons. The molecular weight excluding hydrogens is 672 g/mol. The van der Waals surface area contributed by atoms with E-state index >= 15 is 0 Å². The summed E-state index contributed by atoms with van der Waals surface area (Å²) >= 11 is 4.02. The Morgan fingerprint density at radius 3 is 1.76 bits per heavy atom. The van der Waals surface area contributed by atoms with Gasteiger partial charge in [0.05, 0.1) is 50.5 Å². The van der Waals surface area contributed by atoms with Crippen LogP contribution < -0.4 is 16.0 Å². The van der Waals surface area contributed by atoms with Crippen LogP contribution in [0.2, 0.25) is 0 Å². The summed E-state index contributed by atoms with van der Waals surface area (Å²) in [6, 6.07) is 0. The van der Waals surface area contributed by atoms with Gasteiger partial charge in [0.15, 0.2) is 0 Å². The normalized spacial score (nSPS) is 10.4. The molecule has 0 unspecified atom stereocenters. The second-order valence-electron chi connectivity index (χ2n) is 7.14. The van der Waals surface area contributed by atoms with E-state index in [4.69, 9.17) is 14.2 Å². The van der Waals surface area contributed by atoms with Crippen molar-refractivity contribution in [2.24, 2.45) is 0 Å². The average molecular weight is 701 g/mol. The first-order valence-corrected chi connectivity index (χ1v) is 12.5. The van der Waals surface area contributed by atoms with Gasteiger partial charge < -0.3 is 30.2 Å². The molecule has 3 amide bonds. The third kappa shape index (κ3) is 9.84. The zero-order chi connectivity index (χ0) is 25.8. The molecule has 0 atom stereocenters. The van der Waals surface area contributed by atoms with Gasteiger partial charge in [-0.2, -0.15) is 0 Å². The molecule has 0 heterocycles. The van der Waals surface area contributed by atoms with Crippen molar-refractivity contribution in [3.8, 4) is 0 Å². The van der Waals surface area contributed by atoms with Crippen molar-refractivity contribution in [2.75, 3.05) is 50.2 Å². The number of benzene rings is 1. The van der Waals surface area contributed by atoms with Crippen molar-refractivity contribution in [3.05, 3.63) is 30.4 Å². The lowest BCUT2D eigenvalue weighted by molar-refractivity contribution is -0.140. The number of nitrogens with one attached hydrogen (secondary N) is 3. The van der Waals surface area contributed by atoms with Gasteiger partial charge in [0.1, 0.15) is 6.61 Å². The van der Waals surface area contributed by atoms with E-state index in [1.54, 1.807) is 13.8 Å². The summed E-state index contributed by atoms with van der Waals surface area (Å²) in [5.41, 5.74) is 2.30. The van der Waals surface area contributed by atoms with Gasteiger partial charge in [-0.3, -0.25) is 14.4 Å². The first-order valence-electron chi connectivity index (χ1n) is 10.3. The molecule has 1 rings (SSSR count). The smallest absolute Gasteiger partial charge is 0.333 e. The lowest BCUT2D eigenvalue weighted by atomic mass is 10.1. The van der Waals surface area contributed by atoms with Crippen LogP contribution in [0.1, 0.15) is 36.7 Å². The minimum Gasteiger partial charge on any atom is -0.460 e. The quantitative estimate of drug-likeness (QED) is 0.125. The summed E-state index contributed by atoms with van der Waals surface area (Å²) in [4.78, 5) is 47.5. The second-order valence-corrected chi connectivity index (χ2v) is 9.29. The van der Waals surface area contributed by atoms with Crippen molar-refractivity contribution in [2.45, 2.75) is 27.7 Å². The highest BCUT2D eigenvalue weighted by molar-refractivity contribution is 14.1. The van der Waals surface area contributed by atoms with E-state index in [1.165, 1.54) is 13.8 Å². The maximum absolute atomic E-state index is 12.9. The van der Waals surface area contributed by atoms with Crippen molar-refractivity contribution in [1.29, 1.82) is 0 Å². The molecule has 0 saturated heterocycles. The van der Waals surface area contributed by atoms with Gasteiger partial charge in [-0.25, -0.2) is 4.79 Å². The number of halogens is 2. The molecule has 0 fully saturated rings. The maximum Gasteiger partial charge on any atom is 0.333 e. The fraction of sp³-hybridized carbons (Fsp3) is 0.455. The molecule has 0 bridgehead atoms. The third-order valence-electron chi connectivity index (χ3n) is 4.17. The molecular formula is C22H29I2N3O7. The number of carbonyl (C=O) groups excluding carboxylic acids is 4. The van der Waals surface area contributed by atoms with Crippen LogP contribution in [0, 0.1) is 14.1 Å². The molecule has 0 aliphatic carbocycles. The van der Waals surface area contributed by atoms with Crippen LogP contribution in [-0.4, -0.2) is 63.3 Å².